The molecule has 0 unspecified atom stereocenters. The molecule has 126 valence electrons. The highest BCUT2D eigenvalue weighted by molar-refractivity contribution is 5.48. The first-order chi connectivity index (χ1) is 11.8. The molecule has 0 saturated carbocycles. The van der Waals surface area contributed by atoms with Crippen LogP contribution in [0.5, 0.6) is 0 Å². The van der Waals surface area contributed by atoms with Crippen LogP contribution in [-0.2, 0) is 9.47 Å². The largest absolute Gasteiger partial charge is 0.376 e. The molecule has 2 saturated heterocycles. The maximum atomic E-state index is 6.13. The molecule has 2 aliphatic rings. The monoisotopic (exact) mass is 326 g/mol. The van der Waals surface area contributed by atoms with Gasteiger partial charge in [0.25, 0.3) is 0 Å². The zero-order valence-corrected chi connectivity index (χ0v) is 13.8. The van der Waals surface area contributed by atoms with Gasteiger partial charge in [-0.25, -0.2) is 0 Å². The number of pyridine rings is 2. The van der Waals surface area contributed by atoms with Gasteiger partial charge < -0.3 is 19.7 Å². The third-order valence-corrected chi connectivity index (χ3v) is 4.52. The lowest BCUT2D eigenvalue weighted by Gasteiger charge is -2.21. The fourth-order valence-corrected chi connectivity index (χ4v) is 3.30. The Labute approximate surface area is 141 Å². The summed E-state index contributed by atoms with van der Waals surface area (Å²) in [6, 6.07) is 8.23. The zero-order valence-electron chi connectivity index (χ0n) is 13.8. The van der Waals surface area contributed by atoms with Gasteiger partial charge in [0.15, 0.2) is 0 Å². The van der Waals surface area contributed by atoms with Crippen molar-refractivity contribution in [1.29, 1.82) is 0 Å². The van der Waals surface area contributed by atoms with Crippen molar-refractivity contribution < 1.29 is 9.47 Å². The Morgan fingerprint density at radius 1 is 1.12 bits per heavy atom. The van der Waals surface area contributed by atoms with Crippen LogP contribution in [0.3, 0.4) is 0 Å². The highest BCUT2D eigenvalue weighted by Crippen LogP contribution is 2.26. The highest BCUT2D eigenvalue weighted by Gasteiger charge is 2.37. The van der Waals surface area contributed by atoms with Gasteiger partial charge >= 0.3 is 0 Å². The average Bonchev–Trinajstić information content (AvgIpc) is 2.93. The van der Waals surface area contributed by atoms with Crippen LogP contribution in [0.25, 0.3) is 0 Å². The minimum absolute atomic E-state index is 0.110. The van der Waals surface area contributed by atoms with Crippen molar-refractivity contribution in [2.75, 3.05) is 36.5 Å². The van der Waals surface area contributed by atoms with E-state index in [9.17, 15) is 0 Å². The van der Waals surface area contributed by atoms with E-state index in [1.807, 2.05) is 37.5 Å². The Balaban J connectivity index is 1.37. The van der Waals surface area contributed by atoms with Crippen LogP contribution in [-0.4, -0.2) is 54.5 Å². The lowest BCUT2D eigenvalue weighted by atomic mass is 10.3. The van der Waals surface area contributed by atoms with Gasteiger partial charge in [0.2, 0.25) is 0 Å². The number of ether oxygens (including phenoxy) is 2. The van der Waals surface area contributed by atoms with Crippen LogP contribution in [0.2, 0.25) is 0 Å². The number of hydrogen-bond donors (Lipinski definition) is 1. The van der Waals surface area contributed by atoms with E-state index < -0.39 is 0 Å². The molecule has 1 N–H and O–H groups in total. The molecule has 0 aliphatic carbocycles. The minimum atomic E-state index is 0.110. The minimum Gasteiger partial charge on any atom is -0.376 e. The molecule has 2 aromatic rings. The Morgan fingerprint density at radius 2 is 1.92 bits per heavy atom. The van der Waals surface area contributed by atoms with Crippen LogP contribution >= 0.6 is 0 Å². The first-order valence-corrected chi connectivity index (χ1v) is 8.35. The van der Waals surface area contributed by atoms with Crippen molar-refractivity contribution in [3.05, 3.63) is 48.5 Å². The summed E-state index contributed by atoms with van der Waals surface area (Å²) in [6.07, 6.45) is 5.66. The summed E-state index contributed by atoms with van der Waals surface area (Å²) < 4.78 is 12.3. The summed E-state index contributed by atoms with van der Waals surface area (Å²) in [5.74, 6) is 0. The van der Waals surface area contributed by atoms with Crippen LogP contribution in [0.15, 0.2) is 42.9 Å². The molecule has 0 radical (unpaired) electrons. The smallest absolute Gasteiger partial charge is 0.103 e. The molecule has 0 bridgehead atoms. The molecular weight excluding hydrogens is 304 g/mol. The van der Waals surface area contributed by atoms with Gasteiger partial charge in [0.05, 0.1) is 24.9 Å². The maximum absolute atomic E-state index is 6.13. The molecule has 2 atom stereocenters. The standard InChI is InChI=1S/C18H22N4O2/c1-13-7-16(4-6-20-13)22-9-17-18(10-22)24-12-15(11-23-17)21-14-3-2-5-19-8-14/h2-8,15,17-18,21H,9-12H2,1H3/t17-,18-/m0/s1. The van der Waals surface area contributed by atoms with Crippen LogP contribution in [0.4, 0.5) is 11.4 Å². The van der Waals surface area contributed by atoms with E-state index in [0.29, 0.717) is 13.2 Å². The highest BCUT2D eigenvalue weighted by atomic mass is 16.6. The van der Waals surface area contributed by atoms with E-state index >= 15 is 0 Å². The first kappa shape index (κ1) is 15.4. The maximum Gasteiger partial charge on any atom is 0.103 e. The summed E-state index contributed by atoms with van der Waals surface area (Å²) in [4.78, 5) is 10.7. The van der Waals surface area contributed by atoms with Gasteiger partial charge in [-0.2, -0.15) is 0 Å². The Morgan fingerprint density at radius 3 is 2.58 bits per heavy atom. The molecule has 0 spiro atoms. The van der Waals surface area contributed by atoms with Gasteiger partial charge in [-0.3, -0.25) is 9.97 Å². The van der Waals surface area contributed by atoms with Gasteiger partial charge in [0, 0.05) is 43.1 Å². The predicted octanol–water partition coefficient (Wildman–Crippen LogP) is 1.87. The fourth-order valence-electron chi connectivity index (χ4n) is 3.30. The second-order valence-corrected chi connectivity index (χ2v) is 6.39. The summed E-state index contributed by atoms with van der Waals surface area (Å²) in [7, 11) is 0. The third-order valence-electron chi connectivity index (χ3n) is 4.52. The number of fused-ring (bicyclic) bond motifs is 1. The van der Waals surface area contributed by atoms with Gasteiger partial charge in [-0.1, -0.05) is 0 Å². The summed E-state index contributed by atoms with van der Waals surface area (Å²) >= 11 is 0. The quantitative estimate of drug-likeness (QED) is 0.929. The van der Waals surface area contributed by atoms with E-state index in [2.05, 4.69) is 26.3 Å². The predicted molar refractivity (Wildman–Crippen MR) is 92.3 cm³/mol. The second-order valence-electron chi connectivity index (χ2n) is 6.39. The Hall–Kier alpha value is -2.18. The molecule has 2 fully saturated rings. The van der Waals surface area contributed by atoms with E-state index in [0.717, 1.165) is 24.5 Å². The molecule has 6 heteroatoms. The van der Waals surface area contributed by atoms with Crippen molar-refractivity contribution in [2.45, 2.75) is 25.2 Å². The number of nitrogens with one attached hydrogen (secondary N) is 1. The van der Waals surface area contributed by atoms with Crippen LogP contribution in [0.1, 0.15) is 5.69 Å². The molecule has 6 nitrogen and oxygen atoms in total. The normalized spacial score (nSPS) is 24.5. The topological polar surface area (TPSA) is 59.5 Å². The fraction of sp³-hybridized carbons (Fsp3) is 0.444. The van der Waals surface area contributed by atoms with E-state index in [1.54, 1.807) is 6.20 Å². The number of nitrogens with zero attached hydrogens (tertiary/aromatic N) is 3. The number of aryl methyl sites for hydroxylation is 1. The average molecular weight is 326 g/mol. The van der Waals surface area contributed by atoms with Crippen molar-refractivity contribution in [3.8, 4) is 0 Å². The summed E-state index contributed by atoms with van der Waals surface area (Å²) in [6.45, 7) is 5.00. The van der Waals surface area contributed by atoms with Crippen molar-refractivity contribution in [2.24, 2.45) is 0 Å². The van der Waals surface area contributed by atoms with Crippen LogP contribution in [0, 0.1) is 6.92 Å². The molecule has 2 aromatic heterocycles. The number of rotatable bonds is 3. The third kappa shape index (κ3) is 3.34. The Kier molecular flexibility index (Phi) is 4.32. The van der Waals surface area contributed by atoms with E-state index in [1.165, 1.54) is 5.69 Å². The molecule has 4 rings (SSSR count). The molecule has 24 heavy (non-hydrogen) atoms. The molecule has 0 amide bonds. The number of aromatic nitrogens is 2. The molecule has 4 heterocycles. The SMILES string of the molecule is Cc1cc(N2C[C@@H]3OCC(Nc4cccnc4)CO[C@H]3C2)ccn1. The van der Waals surface area contributed by atoms with Crippen molar-refractivity contribution >= 4 is 11.4 Å². The molecule has 2 aliphatic heterocycles. The van der Waals surface area contributed by atoms with Crippen molar-refractivity contribution in [1.82, 2.24) is 9.97 Å². The van der Waals surface area contributed by atoms with Crippen molar-refractivity contribution in [3.63, 3.8) is 0 Å². The Bertz CT molecular complexity index is 666. The van der Waals surface area contributed by atoms with E-state index in [4.69, 9.17) is 9.47 Å². The zero-order chi connectivity index (χ0) is 16.4. The van der Waals surface area contributed by atoms with E-state index in [-0.39, 0.29) is 18.2 Å². The van der Waals surface area contributed by atoms with Gasteiger partial charge in [-0.15, -0.1) is 0 Å². The van der Waals surface area contributed by atoms with Gasteiger partial charge in [0.1, 0.15) is 12.2 Å². The first-order valence-electron chi connectivity index (χ1n) is 8.35. The molecule has 0 aromatic carbocycles. The second kappa shape index (κ2) is 6.75. The number of anilines is 2. The molecular formula is C18H22N4O2. The lowest BCUT2D eigenvalue weighted by molar-refractivity contribution is -0.00461. The van der Waals surface area contributed by atoms with Crippen LogP contribution < -0.4 is 10.2 Å². The lowest BCUT2D eigenvalue weighted by Crippen LogP contribution is -2.31. The summed E-state index contributed by atoms with van der Waals surface area (Å²) in [5.41, 5.74) is 3.21. The number of hydrogen-bond acceptors (Lipinski definition) is 6. The summed E-state index contributed by atoms with van der Waals surface area (Å²) in [5, 5.41) is 3.43. The van der Waals surface area contributed by atoms with Gasteiger partial charge in [-0.05, 0) is 31.2 Å².